The molecular formula is C27H28N2O5. The summed E-state index contributed by atoms with van der Waals surface area (Å²) in [5.41, 5.74) is 2.52. The first-order valence-electron chi connectivity index (χ1n) is 11.0. The van der Waals surface area contributed by atoms with Gasteiger partial charge in [0.05, 0.1) is 12.5 Å². The summed E-state index contributed by atoms with van der Waals surface area (Å²) in [6, 6.07) is 26.3. The molecule has 3 rings (SSSR count). The molecule has 0 aromatic heterocycles. The summed E-state index contributed by atoms with van der Waals surface area (Å²) in [4.78, 5) is 37.8. The molecule has 0 heterocycles. The number of alkyl carbamates (subject to hydrolysis) is 1. The third-order valence-electron chi connectivity index (χ3n) is 5.09. The van der Waals surface area contributed by atoms with Gasteiger partial charge >= 0.3 is 12.1 Å². The molecule has 0 saturated carbocycles. The van der Waals surface area contributed by atoms with Crippen molar-refractivity contribution in [2.24, 2.45) is 0 Å². The molecule has 3 aromatic carbocycles. The molecule has 0 aliphatic heterocycles. The molecule has 176 valence electrons. The number of carbonyl (C=O) groups excluding carboxylic acids is 3. The molecule has 3 aromatic rings. The number of amides is 2. The van der Waals surface area contributed by atoms with Crippen LogP contribution in [0, 0.1) is 0 Å². The third-order valence-corrected chi connectivity index (χ3v) is 5.09. The van der Waals surface area contributed by atoms with Gasteiger partial charge in [-0.2, -0.15) is 0 Å². The smallest absolute Gasteiger partial charge is 0.408 e. The highest BCUT2D eigenvalue weighted by molar-refractivity contribution is 5.89. The Hall–Kier alpha value is -4.13. The summed E-state index contributed by atoms with van der Waals surface area (Å²) < 4.78 is 10.5. The number of hydrogen-bond donors (Lipinski definition) is 2. The van der Waals surface area contributed by atoms with Crippen LogP contribution in [0.2, 0.25) is 0 Å². The van der Waals surface area contributed by atoms with Crippen molar-refractivity contribution in [3.8, 4) is 0 Å². The predicted octanol–water partition coefficient (Wildman–Crippen LogP) is 4.29. The van der Waals surface area contributed by atoms with E-state index in [2.05, 4.69) is 10.6 Å². The minimum Gasteiger partial charge on any atom is -0.461 e. The van der Waals surface area contributed by atoms with Crippen LogP contribution in [0.25, 0.3) is 0 Å². The summed E-state index contributed by atoms with van der Waals surface area (Å²) in [6.07, 6.45) is -1.13. The number of esters is 1. The normalized spacial score (nSPS) is 12.1. The first kappa shape index (κ1) is 24.5. The van der Waals surface area contributed by atoms with Crippen LogP contribution in [0.4, 0.5) is 4.79 Å². The van der Waals surface area contributed by atoms with E-state index in [1.807, 2.05) is 97.9 Å². The van der Waals surface area contributed by atoms with Gasteiger partial charge in [-0.05, 0) is 23.6 Å². The van der Waals surface area contributed by atoms with E-state index in [-0.39, 0.29) is 25.7 Å². The molecule has 0 bridgehead atoms. The van der Waals surface area contributed by atoms with Gasteiger partial charge in [-0.25, -0.2) is 4.79 Å². The van der Waals surface area contributed by atoms with E-state index < -0.39 is 24.0 Å². The van der Waals surface area contributed by atoms with Crippen molar-refractivity contribution in [2.45, 2.75) is 38.6 Å². The Morgan fingerprint density at radius 3 is 1.76 bits per heavy atom. The van der Waals surface area contributed by atoms with E-state index in [1.54, 1.807) is 0 Å². The maximum atomic E-state index is 13.0. The fourth-order valence-corrected chi connectivity index (χ4v) is 3.22. The number of benzene rings is 3. The highest BCUT2D eigenvalue weighted by Gasteiger charge is 2.26. The largest absolute Gasteiger partial charge is 0.461 e. The summed E-state index contributed by atoms with van der Waals surface area (Å²) in [7, 11) is 0. The van der Waals surface area contributed by atoms with E-state index in [0.717, 1.165) is 16.7 Å². The average molecular weight is 461 g/mol. The van der Waals surface area contributed by atoms with Crippen LogP contribution >= 0.6 is 0 Å². The maximum absolute atomic E-state index is 13.0. The van der Waals surface area contributed by atoms with Crippen molar-refractivity contribution in [3.63, 3.8) is 0 Å². The quantitative estimate of drug-likeness (QED) is 0.440. The van der Waals surface area contributed by atoms with E-state index in [9.17, 15) is 14.4 Å². The van der Waals surface area contributed by atoms with Crippen molar-refractivity contribution < 1.29 is 23.9 Å². The van der Waals surface area contributed by atoms with Crippen LogP contribution in [0.1, 0.15) is 36.1 Å². The van der Waals surface area contributed by atoms with Crippen LogP contribution in [-0.2, 0) is 32.3 Å². The predicted molar refractivity (Wildman–Crippen MR) is 127 cm³/mol. The molecule has 7 heteroatoms. The lowest BCUT2D eigenvalue weighted by molar-refractivity contribution is -0.147. The lowest BCUT2D eigenvalue weighted by atomic mass is 10.1. The molecule has 0 aliphatic rings. The Labute approximate surface area is 199 Å². The van der Waals surface area contributed by atoms with Crippen molar-refractivity contribution in [1.29, 1.82) is 0 Å². The van der Waals surface area contributed by atoms with Gasteiger partial charge in [0, 0.05) is 0 Å². The zero-order chi connectivity index (χ0) is 24.2. The SMILES string of the molecule is C[C@@H](NC(=O)[C@@H](CC(=O)OCc1ccccc1)NC(=O)OCc1ccccc1)c1ccccc1. The van der Waals surface area contributed by atoms with Crippen LogP contribution in [0.15, 0.2) is 91.0 Å². The summed E-state index contributed by atoms with van der Waals surface area (Å²) in [5.74, 6) is -1.12. The number of hydrogen-bond acceptors (Lipinski definition) is 5. The highest BCUT2D eigenvalue weighted by atomic mass is 16.5. The summed E-state index contributed by atoms with van der Waals surface area (Å²) in [5, 5.41) is 5.34. The molecule has 2 N–H and O–H groups in total. The summed E-state index contributed by atoms with van der Waals surface area (Å²) >= 11 is 0. The first-order chi connectivity index (χ1) is 16.5. The minimum atomic E-state index is -1.15. The molecular weight excluding hydrogens is 432 g/mol. The van der Waals surface area contributed by atoms with Gasteiger partial charge in [0.2, 0.25) is 5.91 Å². The van der Waals surface area contributed by atoms with Crippen LogP contribution in [0.5, 0.6) is 0 Å². The van der Waals surface area contributed by atoms with E-state index >= 15 is 0 Å². The molecule has 0 unspecified atom stereocenters. The van der Waals surface area contributed by atoms with Crippen molar-refractivity contribution in [1.82, 2.24) is 10.6 Å². The highest BCUT2D eigenvalue weighted by Crippen LogP contribution is 2.12. The average Bonchev–Trinajstić information content (AvgIpc) is 2.87. The van der Waals surface area contributed by atoms with Crippen LogP contribution in [-0.4, -0.2) is 24.0 Å². The molecule has 0 spiro atoms. The second kappa shape index (κ2) is 12.8. The maximum Gasteiger partial charge on any atom is 0.408 e. The van der Waals surface area contributed by atoms with Gasteiger partial charge < -0.3 is 20.1 Å². The van der Waals surface area contributed by atoms with Crippen molar-refractivity contribution >= 4 is 18.0 Å². The Bertz CT molecular complexity index is 1000. The topological polar surface area (TPSA) is 93.7 Å². The van der Waals surface area contributed by atoms with Gasteiger partial charge in [-0.15, -0.1) is 0 Å². The molecule has 2 atom stereocenters. The number of nitrogens with one attached hydrogen (secondary N) is 2. The van der Waals surface area contributed by atoms with Gasteiger partial charge in [0.15, 0.2) is 0 Å². The first-order valence-corrected chi connectivity index (χ1v) is 11.0. The molecule has 2 amide bonds. The fraction of sp³-hybridized carbons (Fsp3) is 0.222. The Kier molecular flexibility index (Phi) is 9.22. The molecule has 7 nitrogen and oxygen atoms in total. The lowest BCUT2D eigenvalue weighted by Crippen LogP contribution is -2.48. The molecule has 0 fully saturated rings. The van der Waals surface area contributed by atoms with Crippen molar-refractivity contribution in [3.05, 3.63) is 108 Å². The lowest BCUT2D eigenvalue weighted by Gasteiger charge is -2.21. The van der Waals surface area contributed by atoms with E-state index in [4.69, 9.17) is 9.47 Å². The molecule has 0 aliphatic carbocycles. The Morgan fingerprint density at radius 2 is 1.21 bits per heavy atom. The van der Waals surface area contributed by atoms with Gasteiger partial charge in [0.1, 0.15) is 19.3 Å². The monoisotopic (exact) mass is 460 g/mol. The Morgan fingerprint density at radius 1 is 0.706 bits per heavy atom. The van der Waals surface area contributed by atoms with E-state index in [1.165, 1.54) is 0 Å². The number of ether oxygens (including phenoxy) is 2. The second-order valence-electron chi connectivity index (χ2n) is 7.75. The van der Waals surface area contributed by atoms with E-state index in [0.29, 0.717) is 0 Å². The van der Waals surface area contributed by atoms with Gasteiger partial charge in [0.25, 0.3) is 0 Å². The van der Waals surface area contributed by atoms with Crippen LogP contribution in [0.3, 0.4) is 0 Å². The fourth-order valence-electron chi connectivity index (χ4n) is 3.22. The third kappa shape index (κ3) is 8.09. The zero-order valence-corrected chi connectivity index (χ0v) is 19.0. The van der Waals surface area contributed by atoms with Gasteiger partial charge in [-0.1, -0.05) is 91.0 Å². The molecule has 0 saturated heterocycles. The standard InChI is InChI=1S/C27H28N2O5/c1-20(23-15-9-4-10-16-23)28-26(31)24(17-25(30)33-18-21-11-5-2-6-12-21)29-27(32)34-19-22-13-7-3-8-14-22/h2-16,20,24H,17-19H2,1H3,(H,28,31)(H,29,32)/t20-,24-/m1/s1. The molecule has 34 heavy (non-hydrogen) atoms. The number of carbonyl (C=O) groups is 3. The molecule has 0 radical (unpaired) electrons. The van der Waals surface area contributed by atoms with Crippen molar-refractivity contribution in [2.75, 3.05) is 0 Å². The van der Waals surface area contributed by atoms with Crippen LogP contribution < -0.4 is 10.6 Å². The summed E-state index contributed by atoms with van der Waals surface area (Å²) in [6.45, 7) is 1.94. The number of rotatable bonds is 10. The zero-order valence-electron chi connectivity index (χ0n) is 19.0. The van der Waals surface area contributed by atoms with Gasteiger partial charge in [-0.3, -0.25) is 9.59 Å². The second-order valence-corrected chi connectivity index (χ2v) is 7.75. The minimum absolute atomic E-state index is 0.0416. The Balaban J connectivity index is 1.61.